The largest absolute Gasteiger partial charge is 0.492 e. The van der Waals surface area contributed by atoms with Crippen LogP contribution in [0.3, 0.4) is 0 Å². The molecule has 10 heteroatoms. The van der Waals surface area contributed by atoms with Crippen molar-refractivity contribution in [2.45, 2.75) is 23.5 Å². The van der Waals surface area contributed by atoms with Crippen molar-refractivity contribution in [3.8, 4) is 5.75 Å². The molecule has 0 bridgehead atoms. The maximum Gasteiger partial charge on any atom is 0.243 e. The number of rotatable bonds is 9. The van der Waals surface area contributed by atoms with E-state index in [2.05, 4.69) is 20.7 Å². The summed E-state index contributed by atoms with van der Waals surface area (Å²) in [5.41, 5.74) is 0.683. The van der Waals surface area contributed by atoms with E-state index in [4.69, 9.17) is 4.74 Å². The van der Waals surface area contributed by atoms with E-state index < -0.39 is 20.0 Å². The minimum Gasteiger partial charge on any atom is -0.492 e. The summed E-state index contributed by atoms with van der Waals surface area (Å²) in [4.78, 5) is 0.237. The first-order valence-corrected chi connectivity index (χ1v) is 13.1. The van der Waals surface area contributed by atoms with E-state index in [0.717, 1.165) is 17.3 Å². The Morgan fingerprint density at radius 2 is 1.69 bits per heavy atom. The Labute approximate surface area is 180 Å². The van der Waals surface area contributed by atoms with Gasteiger partial charge in [0, 0.05) is 24.1 Å². The Hall–Kier alpha value is -1.46. The number of benzene rings is 2. The highest BCUT2D eigenvalue weighted by Gasteiger charge is 2.26. The Morgan fingerprint density at radius 3 is 2.34 bits per heavy atom. The molecular weight excluding hydrogens is 480 g/mol. The molecule has 1 aliphatic rings. The molecule has 7 nitrogen and oxygen atoms in total. The fourth-order valence-corrected chi connectivity index (χ4v) is 6.13. The molecule has 1 fully saturated rings. The Morgan fingerprint density at radius 1 is 1.00 bits per heavy atom. The number of nitrogens with zero attached hydrogens (tertiary/aromatic N) is 1. The van der Waals surface area contributed by atoms with Crippen LogP contribution in [-0.4, -0.2) is 47.4 Å². The summed E-state index contributed by atoms with van der Waals surface area (Å²) in [6.07, 6.45) is 1.77. The molecule has 0 saturated carbocycles. The molecule has 0 atom stereocenters. The number of ether oxygens (including phenoxy) is 1. The zero-order valence-corrected chi connectivity index (χ0v) is 19.0. The summed E-state index contributed by atoms with van der Waals surface area (Å²) in [5, 5.41) is 0. The van der Waals surface area contributed by atoms with Crippen LogP contribution in [0.15, 0.2) is 57.9 Å². The van der Waals surface area contributed by atoms with E-state index in [1.807, 2.05) is 6.07 Å². The van der Waals surface area contributed by atoms with Gasteiger partial charge in [-0.05, 0) is 54.8 Å². The molecule has 158 valence electrons. The van der Waals surface area contributed by atoms with Gasteiger partial charge in [0.15, 0.2) is 0 Å². The molecule has 2 aromatic carbocycles. The first kappa shape index (κ1) is 22.2. The molecule has 1 N–H and O–H groups in total. The SMILES string of the molecule is O=S(=O)(Cc1cccc(Br)c1)NCCOc1ccc(S(=O)(=O)N2CCCC2)cc1. The third-order valence-corrected chi connectivity index (χ3v) is 8.23. The molecule has 0 unspecified atom stereocenters. The molecule has 3 rings (SSSR count). The zero-order chi connectivity index (χ0) is 20.9. The van der Waals surface area contributed by atoms with Crippen LogP contribution in [0.25, 0.3) is 0 Å². The number of hydrogen-bond donors (Lipinski definition) is 1. The second-order valence-corrected chi connectivity index (χ2v) is 11.4. The number of nitrogens with one attached hydrogen (secondary N) is 1. The van der Waals surface area contributed by atoms with Crippen LogP contribution in [0.4, 0.5) is 0 Å². The maximum atomic E-state index is 12.5. The summed E-state index contributed by atoms with van der Waals surface area (Å²) < 4.78 is 59.6. The monoisotopic (exact) mass is 502 g/mol. The second kappa shape index (κ2) is 9.57. The molecule has 0 aliphatic carbocycles. The molecule has 29 heavy (non-hydrogen) atoms. The molecule has 0 aromatic heterocycles. The second-order valence-electron chi connectivity index (χ2n) is 6.71. The molecule has 0 spiro atoms. The zero-order valence-electron chi connectivity index (χ0n) is 15.8. The molecule has 1 heterocycles. The standard InChI is InChI=1S/C19H23BrN2O5S2/c20-17-5-3-4-16(14-17)15-28(23,24)21-10-13-27-18-6-8-19(9-7-18)29(25,26)22-11-1-2-12-22/h3-9,14,21H,1-2,10-13,15H2. The van der Waals surface area contributed by atoms with Crippen LogP contribution in [0.5, 0.6) is 5.75 Å². The lowest BCUT2D eigenvalue weighted by atomic mass is 10.2. The van der Waals surface area contributed by atoms with Gasteiger partial charge in [0.2, 0.25) is 20.0 Å². The summed E-state index contributed by atoms with van der Waals surface area (Å²) >= 11 is 3.32. The van der Waals surface area contributed by atoms with Crippen LogP contribution in [-0.2, 0) is 25.8 Å². The predicted molar refractivity (Wildman–Crippen MR) is 115 cm³/mol. The Balaban J connectivity index is 1.48. The lowest BCUT2D eigenvalue weighted by Gasteiger charge is -2.15. The maximum absolute atomic E-state index is 12.5. The van der Waals surface area contributed by atoms with Gasteiger partial charge in [0.05, 0.1) is 10.6 Å². The lowest BCUT2D eigenvalue weighted by Crippen LogP contribution is -2.29. The molecule has 2 aromatic rings. The van der Waals surface area contributed by atoms with Gasteiger partial charge in [-0.15, -0.1) is 0 Å². The van der Waals surface area contributed by atoms with E-state index in [1.165, 1.54) is 16.4 Å². The van der Waals surface area contributed by atoms with Crippen molar-refractivity contribution in [3.05, 3.63) is 58.6 Å². The van der Waals surface area contributed by atoms with Gasteiger partial charge in [-0.2, -0.15) is 4.31 Å². The number of hydrogen-bond acceptors (Lipinski definition) is 5. The van der Waals surface area contributed by atoms with Gasteiger partial charge in [-0.1, -0.05) is 28.1 Å². The van der Waals surface area contributed by atoms with Gasteiger partial charge in [-0.25, -0.2) is 21.6 Å². The molecule has 0 amide bonds. The minimum absolute atomic E-state index is 0.115. The molecule has 1 aliphatic heterocycles. The number of sulfonamides is 2. The normalized spacial score (nSPS) is 15.5. The van der Waals surface area contributed by atoms with Gasteiger partial charge in [-0.3, -0.25) is 0 Å². The Bertz CT molecular complexity index is 1030. The van der Waals surface area contributed by atoms with Gasteiger partial charge >= 0.3 is 0 Å². The average molecular weight is 503 g/mol. The summed E-state index contributed by atoms with van der Waals surface area (Å²) in [6.45, 7) is 1.36. The topological polar surface area (TPSA) is 92.8 Å². The Kier molecular flexibility index (Phi) is 7.33. The lowest BCUT2D eigenvalue weighted by molar-refractivity contribution is 0.322. The molecule has 1 saturated heterocycles. The van der Waals surface area contributed by atoms with Gasteiger partial charge in [0.1, 0.15) is 12.4 Å². The van der Waals surface area contributed by atoms with E-state index in [1.54, 1.807) is 30.3 Å². The van der Waals surface area contributed by atoms with Crippen molar-refractivity contribution in [2.24, 2.45) is 0 Å². The van der Waals surface area contributed by atoms with Crippen LogP contribution < -0.4 is 9.46 Å². The van der Waals surface area contributed by atoms with Crippen LogP contribution >= 0.6 is 15.9 Å². The van der Waals surface area contributed by atoms with Crippen LogP contribution in [0.2, 0.25) is 0 Å². The smallest absolute Gasteiger partial charge is 0.243 e. The number of halogens is 1. The van der Waals surface area contributed by atoms with Gasteiger partial charge < -0.3 is 4.74 Å². The fourth-order valence-electron chi connectivity index (χ4n) is 3.05. The highest BCUT2D eigenvalue weighted by atomic mass is 79.9. The van der Waals surface area contributed by atoms with E-state index >= 15 is 0 Å². The highest BCUT2D eigenvalue weighted by Crippen LogP contribution is 2.22. The van der Waals surface area contributed by atoms with E-state index in [9.17, 15) is 16.8 Å². The van der Waals surface area contributed by atoms with Crippen molar-refractivity contribution in [1.29, 1.82) is 0 Å². The van der Waals surface area contributed by atoms with E-state index in [0.29, 0.717) is 24.4 Å². The van der Waals surface area contributed by atoms with Crippen LogP contribution in [0, 0.1) is 0 Å². The predicted octanol–water partition coefficient (Wildman–Crippen LogP) is 2.73. The quantitative estimate of drug-likeness (QED) is 0.532. The third kappa shape index (κ3) is 6.26. The first-order chi connectivity index (χ1) is 13.8. The average Bonchev–Trinajstić information content (AvgIpc) is 3.21. The van der Waals surface area contributed by atoms with Crippen molar-refractivity contribution in [1.82, 2.24) is 9.03 Å². The molecule has 0 radical (unpaired) electrons. The first-order valence-electron chi connectivity index (χ1n) is 9.21. The highest BCUT2D eigenvalue weighted by molar-refractivity contribution is 9.10. The van der Waals surface area contributed by atoms with Crippen molar-refractivity contribution in [2.75, 3.05) is 26.2 Å². The van der Waals surface area contributed by atoms with Gasteiger partial charge in [0.25, 0.3) is 0 Å². The summed E-state index contributed by atoms with van der Waals surface area (Å²) in [6, 6.07) is 13.3. The minimum atomic E-state index is -3.48. The van der Waals surface area contributed by atoms with Crippen LogP contribution in [0.1, 0.15) is 18.4 Å². The fraction of sp³-hybridized carbons (Fsp3) is 0.368. The van der Waals surface area contributed by atoms with E-state index in [-0.39, 0.29) is 23.8 Å². The summed E-state index contributed by atoms with van der Waals surface area (Å²) in [5.74, 6) is 0.367. The van der Waals surface area contributed by atoms with Crippen molar-refractivity contribution in [3.63, 3.8) is 0 Å². The van der Waals surface area contributed by atoms with Crippen molar-refractivity contribution >= 4 is 36.0 Å². The molecular formula is C19H23BrN2O5S2. The van der Waals surface area contributed by atoms with Crippen molar-refractivity contribution < 1.29 is 21.6 Å². The summed E-state index contributed by atoms with van der Waals surface area (Å²) in [7, 11) is -6.93. The third-order valence-electron chi connectivity index (χ3n) is 4.47.